The van der Waals surface area contributed by atoms with Gasteiger partial charge in [-0.05, 0) is 6.92 Å². The van der Waals surface area contributed by atoms with Crippen molar-refractivity contribution in [2.45, 2.75) is 13.0 Å². The summed E-state index contributed by atoms with van der Waals surface area (Å²) in [6.07, 6.45) is 2.10. The second kappa shape index (κ2) is 4.37. The Morgan fingerprint density at radius 2 is 1.71 bits per heavy atom. The number of carbonyl (C=O) groups is 1. The molecule has 82 valence electrons. The van der Waals surface area contributed by atoms with Crippen LogP contribution >= 0.6 is 0 Å². The van der Waals surface area contributed by atoms with Gasteiger partial charge in [-0.15, -0.1) is 0 Å². The predicted octanol–water partition coefficient (Wildman–Crippen LogP) is -0.849. The first kappa shape index (κ1) is 11.6. The van der Waals surface area contributed by atoms with Gasteiger partial charge in [-0.3, -0.25) is 4.90 Å². The zero-order valence-electron chi connectivity index (χ0n) is 8.51. The number of carbonyl (C=O) groups excluding carboxylic acids is 1. The average Bonchev–Trinajstić information content (AvgIpc) is 2.15. The van der Waals surface area contributed by atoms with Crippen molar-refractivity contribution in [2.24, 2.45) is 0 Å². The highest BCUT2D eigenvalue weighted by Gasteiger charge is 2.25. The van der Waals surface area contributed by atoms with Crippen molar-refractivity contribution in [3.63, 3.8) is 0 Å². The molecule has 0 aliphatic carbocycles. The Hall–Kier alpha value is -0.460. The lowest BCUT2D eigenvalue weighted by molar-refractivity contribution is -0.112. The summed E-state index contributed by atoms with van der Waals surface area (Å²) in [5.74, 6) is 0. The molecule has 1 aliphatic rings. The van der Waals surface area contributed by atoms with Gasteiger partial charge in [0, 0.05) is 26.2 Å². The first-order chi connectivity index (χ1) is 6.45. The molecule has 0 spiro atoms. The molecule has 1 atom stereocenters. The molecule has 1 rings (SSSR count). The third-order valence-corrected chi connectivity index (χ3v) is 3.82. The van der Waals surface area contributed by atoms with Gasteiger partial charge in [-0.2, -0.15) is 4.31 Å². The van der Waals surface area contributed by atoms with Crippen LogP contribution in [0.5, 0.6) is 0 Å². The molecule has 0 aromatic carbocycles. The predicted molar refractivity (Wildman–Crippen MR) is 53.5 cm³/mol. The maximum absolute atomic E-state index is 11.2. The van der Waals surface area contributed by atoms with Crippen LogP contribution in [0.25, 0.3) is 0 Å². The quantitative estimate of drug-likeness (QED) is 0.581. The van der Waals surface area contributed by atoms with E-state index in [9.17, 15) is 13.2 Å². The van der Waals surface area contributed by atoms with E-state index in [2.05, 4.69) is 0 Å². The van der Waals surface area contributed by atoms with E-state index in [4.69, 9.17) is 0 Å². The fourth-order valence-corrected chi connectivity index (χ4v) is 2.36. The highest BCUT2D eigenvalue weighted by molar-refractivity contribution is 7.88. The van der Waals surface area contributed by atoms with Crippen molar-refractivity contribution < 1.29 is 13.2 Å². The van der Waals surface area contributed by atoms with Gasteiger partial charge in [0.05, 0.1) is 12.3 Å². The van der Waals surface area contributed by atoms with E-state index in [0.717, 1.165) is 6.29 Å². The van der Waals surface area contributed by atoms with Crippen LogP contribution in [0.3, 0.4) is 0 Å². The molecule has 0 saturated carbocycles. The number of rotatable bonds is 3. The van der Waals surface area contributed by atoms with Crippen molar-refractivity contribution in [2.75, 3.05) is 32.4 Å². The van der Waals surface area contributed by atoms with Crippen LogP contribution in [0.4, 0.5) is 0 Å². The molecule has 1 heterocycles. The standard InChI is InChI=1S/C8H16N2O3S/c1-8(7-11)9-3-5-10(6-4-9)14(2,12)13/h7-8H,3-6H2,1-2H3. The van der Waals surface area contributed by atoms with Crippen LogP contribution in [-0.2, 0) is 14.8 Å². The van der Waals surface area contributed by atoms with E-state index >= 15 is 0 Å². The van der Waals surface area contributed by atoms with Crippen LogP contribution in [0.1, 0.15) is 6.92 Å². The topological polar surface area (TPSA) is 57.7 Å². The fraction of sp³-hybridized carbons (Fsp3) is 0.875. The molecule has 6 heteroatoms. The minimum atomic E-state index is -3.06. The third kappa shape index (κ3) is 2.76. The van der Waals surface area contributed by atoms with E-state index in [0.29, 0.717) is 26.2 Å². The summed E-state index contributed by atoms with van der Waals surface area (Å²) in [5, 5.41) is 0. The molecule has 0 bridgehead atoms. The van der Waals surface area contributed by atoms with Crippen LogP contribution in [0.15, 0.2) is 0 Å². The molecule has 0 aromatic heterocycles. The van der Waals surface area contributed by atoms with Crippen molar-refractivity contribution in [1.82, 2.24) is 9.21 Å². The summed E-state index contributed by atoms with van der Waals surface area (Å²) >= 11 is 0. The summed E-state index contributed by atoms with van der Waals surface area (Å²) in [5.41, 5.74) is 0. The molecule has 1 fully saturated rings. The van der Waals surface area contributed by atoms with E-state index in [1.807, 2.05) is 11.8 Å². The van der Waals surface area contributed by atoms with Gasteiger partial charge in [-0.1, -0.05) is 0 Å². The monoisotopic (exact) mass is 220 g/mol. The maximum atomic E-state index is 11.2. The van der Waals surface area contributed by atoms with E-state index in [1.54, 1.807) is 0 Å². The molecule has 0 amide bonds. The largest absolute Gasteiger partial charge is 0.302 e. The molecule has 14 heavy (non-hydrogen) atoms. The van der Waals surface area contributed by atoms with E-state index in [1.165, 1.54) is 10.6 Å². The molecule has 1 saturated heterocycles. The number of hydrogen-bond acceptors (Lipinski definition) is 4. The molecular formula is C8H16N2O3S. The van der Waals surface area contributed by atoms with E-state index < -0.39 is 10.0 Å². The maximum Gasteiger partial charge on any atom is 0.211 e. The Bertz CT molecular complexity index is 294. The lowest BCUT2D eigenvalue weighted by atomic mass is 10.2. The van der Waals surface area contributed by atoms with Gasteiger partial charge < -0.3 is 4.79 Å². The number of sulfonamides is 1. The zero-order chi connectivity index (χ0) is 10.8. The second-order valence-electron chi connectivity index (χ2n) is 3.57. The van der Waals surface area contributed by atoms with Crippen molar-refractivity contribution in [3.8, 4) is 0 Å². The Balaban J connectivity index is 2.50. The zero-order valence-corrected chi connectivity index (χ0v) is 9.33. The molecule has 5 nitrogen and oxygen atoms in total. The molecular weight excluding hydrogens is 204 g/mol. The Morgan fingerprint density at radius 3 is 2.07 bits per heavy atom. The Morgan fingerprint density at radius 1 is 1.21 bits per heavy atom. The molecule has 1 unspecified atom stereocenters. The molecule has 1 aliphatic heterocycles. The van der Waals surface area contributed by atoms with Crippen LogP contribution in [0.2, 0.25) is 0 Å². The number of hydrogen-bond donors (Lipinski definition) is 0. The highest BCUT2D eigenvalue weighted by Crippen LogP contribution is 2.07. The summed E-state index contributed by atoms with van der Waals surface area (Å²) in [6.45, 7) is 4.05. The smallest absolute Gasteiger partial charge is 0.211 e. The number of piperazine rings is 1. The number of nitrogens with zero attached hydrogens (tertiary/aromatic N) is 2. The van der Waals surface area contributed by atoms with Crippen molar-refractivity contribution in [1.29, 1.82) is 0 Å². The molecule has 0 radical (unpaired) electrons. The average molecular weight is 220 g/mol. The fourth-order valence-electron chi connectivity index (χ4n) is 1.53. The van der Waals surface area contributed by atoms with E-state index in [-0.39, 0.29) is 6.04 Å². The normalized spacial score (nSPS) is 23.3. The Kier molecular flexibility index (Phi) is 3.63. The minimum Gasteiger partial charge on any atom is -0.302 e. The van der Waals surface area contributed by atoms with Crippen LogP contribution in [0, 0.1) is 0 Å². The van der Waals surface area contributed by atoms with Gasteiger partial charge in [0.15, 0.2) is 0 Å². The summed E-state index contributed by atoms with van der Waals surface area (Å²) < 4.78 is 23.8. The van der Waals surface area contributed by atoms with Crippen LogP contribution < -0.4 is 0 Å². The van der Waals surface area contributed by atoms with Gasteiger partial charge in [0.2, 0.25) is 10.0 Å². The molecule has 0 aromatic rings. The summed E-state index contributed by atoms with van der Waals surface area (Å²) in [4.78, 5) is 12.5. The molecule has 0 N–H and O–H groups in total. The van der Waals surface area contributed by atoms with Gasteiger partial charge in [-0.25, -0.2) is 8.42 Å². The number of aldehydes is 1. The van der Waals surface area contributed by atoms with Gasteiger partial charge in [0.1, 0.15) is 6.29 Å². The minimum absolute atomic E-state index is 0.114. The SMILES string of the molecule is CC(C=O)N1CCN(S(C)(=O)=O)CC1. The highest BCUT2D eigenvalue weighted by atomic mass is 32.2. The van der Waals surface area contributed by atoms with Crippen molar-refractivity contribution in [3.05, 3.63) is 0 Å². The van der Waals surface area contributed by atoms with Gasteiger partial charge >= 0.3 is 0 Å². The second-order valence-corrected chi connectivity index (χ2v) is 5.56. The lowest BCUT2D eigenvalue weighted by Crippen LogP contribution is -2.51. The third-order valence-electron chi connectivity index (χ3n) is 2.52. The van der Waals surface area contributed by atoms with Crippen LogP contribution in [-0.4, -0.2) is 62.4 Å². The summed E-state index contributed by atoms with van der Waals surface area (Å²) in [7, 11) is -3.06. The first-order valence-corrected chi connectivity index (χ1v) is 6.44. The first-order valence-electron chi connectivity index (χ1n) is 4.59. The Labute approximate surface area is 84.7 Å². The lowest BCUT2D eigenvalue weighted by Gasteiger charge is -2.34. The summed E-state index contributed by atoms with van der Waals surface area (Å²) in [6, 6.07) is -0.114. The van der Waals surface area contributed by atoms with Crippen molar-refractivity contribution >= 4 is 16.3 Å². The van der Waals surface area contributed by atoms with Gasteiger partial charge in [0.25, 0.3) is 0 Å².